The van der Waals surface area contributed by atoms with Crippen LogP contribution in [0, 0.1) is 13.8 Å². The van der Waals surface area contributed by atoms with Gasteiger partial charge in [-0.15, -0.1) is 10.2 Å². The Bertz CT molecular complexity index is 1060. The molecule has 0 amide bonds. The van der Waals surface area contributed by atoms with E-state index in [-0.39, 0.29) is 11.5 Å². The number of nitrogens with zero attached hydrogens (tertiary/aromatic N) is 3. The highest BCUT2D eigenvalue weighted by atomic mass is 32.2. The number of aryl methyl sites for hydroxylation is 2. The first kappa shape index (κ1) is 22.7. The maximum absolute atomic E-state index is 12.7. The van der Waals surface area contributed by atoms with Crippen molar-refractivity contribution >= 4 is 17.5 Å². The van der Waals surface area contributed by atoms with Crippen molar-refractivity contribution in [3.8, 4) is 17.2 Å². The summed E-state index contributed by atoms with van der Waals surface area (Å²) in [5, 5.41) is 9.22. The van der Waals surface area contributed by atoms with Gasteiger partial charge in [0, 0.05) is 12.1 Å². The monoisotopic (exact) mass is 441 g/mol. The number of carbonyl (C=O) groups is 1. The van der Waals surface area contributed by atoms with E-state index < -0.39 is 0 Å². The highest BCUT2D eigenvalue weighted by molar-refractivity contribution is 7.99. The van der Waals surface area contributed by atoms with Crippen LogP contribution >= 0.6 is 11.8 Å². The van der Waals surface area contributed by atoms with Crippen molar-refractivity contribution in [2.45, 2.75) is 39.1 Å². The molecule has 31 heavy (non-hydrogen) atoms. The van der Waals surface area contributed by atoms with Crippen molar-refractivity contribution in [3.63, 3.8) is 0 Å². The van der Waals surface area contributed by atoms with Crippen LogP contribution in [0.25, 0.3) is 0 Å². The lowest BCUT2D eigenvalue weighted by molar-refractivity contribution is 0.102. The molecule has 164 valence electrons. The first-order valence-corrected chi connectivity index (χ1v) is 11.0. The molecule has 0 radical (unpaired) electrons. The van der Waals surface area contributed by atoms with Crippen LogP contribution in [-0.2, 0) is 13.2 Å². The second-order valence-electron chi connectivity index (χ2n) is 6.98. The molecule has 1 heterocycles. The van der Waals surface area contributed by atoms with Crippen LogP contribution in [0.4, 0.5) is 0 Å². The summed E-state index contributed by atoms with van der Waals surface area (Å²) in [5.74, 6) is 2.89. The summed E-state index contributed by atoms with van der Waals surface area (Å²) < 4.78 is 18.4. The molecule has 0 aliphatic heterocycles. The summed E-state index contributed by atoms with van der Waals surface area (Å²) in [7, 11) is 3.11. The molecule has 8 heteroatoms. The van der Waals surface area contributed by atoms with Crippen LogP contribution in [0.1, 0.15) is 34.2 Å². The summed E-state index contributed by atoms with van der Waals surface area (Å²) in [6, 6.07) is 11.2. The fourth-order valence-electron chi connectivity index (χ4n) is 3.18. The number of aromatic nitrogens is 3. The van der Waals surface area contributed by atoms with Gasteiger partial charge in [-0.25, -0.2) is 0 Å². The maximum atomic E-state index is 12.7. The van der Waals surface area contributed by atoms with Gasteiger partial charge in [-0.05, 0) is 50.6 Å². The number of rotatable bonds is 10. The SMILES string of the molecule is CCn1c(COc2ccc(C)cc2C)nnc1SCC(=O)c1ccc(OC)c(OC)c1. The fraction of sp³-hybridized carbons (Fsp3) is 0.348. The molecule has 3 aromatic rings. The number of Topliss-reactive ketones (excluding diaryl/α,β-unsaturated/α-hetero) is 1. The van der Waals surface area contributed by atoms with E-state index in [2.05, 4.69) is 23.2 Å². The number of thioether (sulfide) groups is 1. The summed E-state index contributed by atoms with van der Waals surface area (Å²) in [6.45, 7) is 7.09. The summed E-state index contributed by atoms with van der Waals surface area (Å²) >= 11 is 1.36. The number of ether oxygens (including phenoxy) is 3. The molecule has 2 aromatic carbocycles. The molecule has 0 atom stereocenters. The second kappa shape index (κ2) is 10.3. The predicted molar refractivity (Wildman–Crippen MR) is 121 cm³/mol. The lowest BCUT2D eigenvalue weighted by Gasteiger charge is -2.11. The molecule has 0 aliphatic carbocycles. The Kier molecular flexibility index (Phi) is 7.57. The van der Waals surface area contributed by atoms with Crippen LogP contribution in [0.2, 0.25) is 0 Å². The van der Waals surface area contributed by atoms with Crippen molar-refractivity contribution in [2.24, 2.45) is 0 Å². The number of benzene rings is 2. The lowest BCUT2D eigenvalue weighted by Crippen LogP contribution is -2.09. The normalized spacial score (nSPS) is 10.7. The van der Waals surface area contributed by atoms with Gasteiger partial charge in [0.05, 0.1) is 20.0 Å². The Morgan fingerprint density at radius 2 is 1.74 bits per heavy atom. The molecule has 0 bridgehead atoms. The number of hydrogen-bond donors (Lipinski definition) is 0. The van der Waals surface area contributed by atoms with Gasteiger partial charge in [-0.3, -0.25) is 4.79 Å². The minimum Gasteiger partial charge on any atom is -0.493 e. The Morgan fingerprint density at radius 1 is 1.00 bits per heavy atom. The van der Waals surface area contributed by atoms with Crippen molar-refractivity contribution in [1.29, 1.82) is 0 Å². The average Bonchev–Trinajstić information content (AvgIpc) is 3.18. The molecule has 0 saturated carbocycles. The van der Waals surface area contributed by atoms with Gasteiger partial charge in [0.25, 0.3) is 0 Å². The summed E-state index contributed by atoms with van der Waals surface area (Å²) in [6.07, 6.45) is 0. The van der Waals surface area contributed by atoms with Gasteiger partial charge in [0.15, 0.2) is 28.3 Å². The Morgan fingerprint density at radius 3 is 2.42 bits per heavy atom. The maximum Gasteiger partial charge on any atom is 0.191 e. The minimum absolute atomic E-state index is 0.0234. The van der Waals surface area contributed by atoms with E-state index in [0.29, 0.717) is 35.4 Å². The summed E-state index contributed by atoms with van der Waals surface area (Å²) in [5.41, 5.74) is 2.84. The molecule has 0 spiro atoms. The molecular weight excluding hydrogens is 414 g/mol. The van der Waals surface area contributed by atoms with Crippen molar-refractivity contribution < 1.29 is 19.0 Å². The summed E-state index contributed by atoms with van der Waals surface area (Å²) in [4.78, 5) is 12.7. The van der Waals surface area contributed by atoms with Gasteiger partial charge >= 0.3 is 0 Å². The number of carbonyl (C=O) groups excluding carboxylic acids is 1. The highest BCUT2D eigenvalue weighted by Gasteiger charge is 2.16. The molecule has 3 rings (SSSR count). The zero-order valence-electron chi connectivity index (χ0n) is 18.5. The van der Waals surface area contributed by atoms with E-state index in [0.717, 1.165) is 17.1 Å². The van der Waals surface area contributed by atoms with E-state index in [1.807, 2.05) is 30.5 Å². The molecular formula is C23H27N3O4S. The minimum atomic E-state index is -0.0234. The van der Waals surface area contributed by atoms with Crippen LogP contribution in [0.15, 0.2) is 41.6 Å². The average molecular weight is 442 g/mol. The zero-order chi connectivity index (χ0) is 22.4. The van der Waals surface area contributed by atoms with Crippen LogP contribution < -0.4 is 14.2 Å². The van der Waals surface area contributed by atoms with Gasteiger partial charge in [-0.2, -0.15) is 0 Å². The third-order valence-corrected chi connectivity index (χ3v) is 5.80. The molecule has 0 aliphatic rings. The first-order valence-electron chi connectivity index (χ1n) is 9.97. The Hall–Kier alpha value is -3.00. The zero-order valence-corrected chi connectivity index (χ0v) is 19.3. The standard InChI is InChI=1S/C23H27N3O4S/c1-6-26-22(13-30-19-9-7-15(2)11-16(19)3)24-25-23(26)31-14-18(27)17-8-10-20(28-4)21(12-17)29-5/h7-12H,6,13-14H2,1-5H3. The van der Waals surface area contributed by atoms with Crippen molar-refractivity contribution in [1.82, 2.24) is 14.8 Å². The third-order valence-electron chi connectivity index (χ3n) is 4.83. The largest absolute Gasteiger partial charge is 0.493 e. The quantitative estimate of drug-likeness (QED) is 0.339. The Labute approximate surface area is 186 Å². The molecule has 0 N–H and O–H groups in total. The van der Waals surface area contributed by atoms with Gasteiger partial charge in [0.1, 0.15) is 12.4 Å². The lowest BCUT2D eigenvalue weighted by atomic mass is 10.1. The second-order valence-corrected chi connectivity index (χ2v) is 7.92. The topological polar surface area (TPSA) is 75.5 Å². The number of hydrogen-bond acceptors (Lipinski definition) is 7. The highest BCUT2D eigenvalue weighted by Crippen LogP contribution is 2.29. The van der Waals surface area contributed by atoms with E-state index in [1.165, 1.54) is 17.3 Å². The molecule has 0 saturated heterocycles. The van der Waals surface area contributed by atoms with Crippen LogP contribution in [-0.4, -0.2) is 40.5 Å². The van der Waals surface area contributed by atoms with Crippen molar-refractivity contribution in [3.05, 3.63) is 58.9 Å². The van der Waals surface area contributed by atoms with Gasteiger partial charge in [-0.1, -0.05) is 29.5 Å². The predicted octanol–water partition coefficient (Wildman–Crippen LogP) is 4.49. The van der Waals surface area contributed by atoms with Crippen LogP contribution in [0.5, 0.6) is 17.2 Å². The molecule has 7 nitrogen and oxygen atoms in total. The molecule has 0 fully saturated rings. The number of methoxy groups -OCH3 is 2. The Balaban J connectivity index is 1.66. The van der Waals surface area contributed by atoms with Crippen LogP contribution in [0.3, 0.4) is 0 Å². The third kappa shape index (κ3) is 5.38. The molecule has 0 unspecified atom stereocenters. The number of ketones is 1. The fourth-order valence-corrected chi connectivity index (χ4v) is 4.09. The van der Waals surface area contributed by atoms with E-state index in [9.17, 15) is 4.79 Å². The smallest absolute Gasteiger partial charge is 0.191 e. The van der Waals surface area contributed by atoms with Gasteiger partial charge < -0.3 is 18.8 Å². The van der Waals surface area contributed by atoms with E-state index in [4.69, 9.17) is 14.2 Å². The van der Waals surface area contributed by atoms with Crippen molar-refractivity contribution in [2.75, 3.05) is 20.0 Å². The van der Waals surface area contributed by atoms with Gasteiger partial charge in [0.2, 0.25) is 0 Å². The van der Waals surface area contributed by atoms with E-state index in [1.54, 1.807) is 32.4 Å². The first-order chi connectivity index (χ1) is 15.0. The molecule has 1 aromatic heterocycles. The van der Waals surface area contributed by atoms with E-state index >= 15 is 0 Å².